The van der Waals surface area contributed by atoms with Crippen LogP contribution in [-0.4, -0.2) is 46.0 Å². The number of ether oxygens (including phenoxy) is 3. The Morgan fingerprint density at radius 2 is 2.03 bits per heavy atom. The highest BCUT2D eigenvalue weighted by atomic mass is 32.1. The zero-order valence-electron chi connectivity index (χ0n) is 20.0. The molecule has 2 aliphatic heterocycles. The van der Waals surface area contributed by atoms with Gasteiger partial charge in [0.05, 0.1) is 24.9 Å². The van der Waals surface area contributed by atoms with Crippen molar-refractivity contribution >= 4 is 23.3 Å². The van der Waals surface area contributed by atoms with Crippen LogP contribution in [0.25, 0.3) is 5.69 Å². The number of hydrogen-bond acceptors (Lipinski definition) is 6. The third kappa shape index (κ3) is 4.32. The summed E-state index contributed by atoms with van der Waals surface area (Å²) in [5.74, 6) is 1.28. The molecular formula is C26H28N4O4S. The number of carbonyl (C=O) groups is 1. The van der Waals surface area contributed by atoms with E-state index in [1.807, 2.05) is 36.4 Å². The van der Waals surface area contributed by atoms with Crippen LogP contribution in [0, 0.1) is 13.8 Å². The van der Waals surface area contributed by atoms with Crippen molar-refractivity contribution in [2.75, 3.05) is 20.4 Å². The van der Waals surface area contributed by atoms with Gasteiger partial charge < -0.3 is 29.0 Å². The van der Waals surface area contributed by atoms with Crippen LogP contribution in [0.15, 0.2) is 48.7 Å². The summed E-state index contributed by atoms with van der Waals surface area (Å²) >= 11 is 5.77. The lowest BCUT2D eigenvalue weighted by atomic mass is 9.96. The number of carbonyl (C=O) groups excluding carboxylic acids is 1. The predicted molar refractivity (Wildman–Crippen MR) is 135 cm³/mol. The predicted octanol–water partition coefficient (Wildman–Crippen LogP) is 4.14. The Labute approximate surface area is 209 Å². The number of rotatable bonds is 7. The van der Waals surface area contributed by atoms with Crippen molar-refractivity contribution in [1.29, 1.82) is 0 Å². The summed E-state index contributed by atoms with van der Waals surface area (Å²) in [6.45, 7) is 5.09. The molecule has 1 N–H and O–H groups in total. The zero-order valence-corrected chi connectivity index (χ0v) is 20.8. The maximum Gasteiger partial charge on any atom is 0.305 e. The van der Waals surface area contributed by atoms with Crippen LogP contribution in [0.4, 0.5) is 0 Å². The summed E-state index contributed by atoms with van der Waals surface area (Å²) in [7, 11) is 1.41. The average molecular weight is 493 g/mol. The Hall–Kier alpha value is -3.59. The molecule has 2 unspecified atom stereocenters. The van der Waals surface area contributed by atoms with Gasteiger partial charge >= 0.3 is 5.97 Å². The van der Waals surface area contributed by atoms with Gasteiger partial charge in [-0.15, -0.1) is 0 Å². The topological polar surface area (TPSA) is 77.9 Å². The minimum absolute atomic E-state index is 0.0796. The highest BCUT2D eigenvalue weighted by molar-refractivity contribution is 7.80. The summed E-state index contributed by atoms with van der Waals surface area (Å²) in [5.41, 5.74) is 5.29. The van der Waals surface area contributed by atoms with Gasteiger partial charge in [-0.05, 0) is 68.4 Å². The number of aromatic nitrogens is 2. The molecule has 0 radical (unpaired) electrons. The molecule has 9 heteroatoms. The zero-order chi connectivity index (χ0) is 24.5. The van der Waals surface area contributed by atoms with Gasteiger partial charge in [0, 0.05) is 42.3 Å². The number of esters is 1. The van der Waals surface area contributed by atoms with Gasteiger partial charge in [0.1, 0.15) is 0 Å². The van der Waals surface area contributed by atoms with Crippen LogP contribution in [0.2, 0.25) is 0 Å². The van der Waals surface area contributed by atoms with Crippen LogP contribution in [0.5, 0.6) is 11.5 Å². The molecule has 3 aromatic rings. The van der Waals surface area contributed by atoms with Crippen LogP contribution in [0.1, 0.15) is 47.6 Å². The van der Waals surface area contributed by atoms with Crippen molar-refractivity contribution in [2.24, 2.45) is 0 Å². The molecule has 35 heavy (non-hydrogen) atoms. The van der Waals surface area contributed by atoms with E-state index >= 15 is 0 Å². The number of nitrogens with zero attached hydrogens (tertiary/aromatic N) is 3. The second-order valence-corrected chi connectivity index (χ2v) is 9.09. The molecule has 1 saturated heterocycles. The first-order valence-electron chi connectivity index (χ1n) is 11.6. The quantitative estimate of drug-likeness (QED) is 0.390. The van der Waals surface area contributed by atoms with E-state index in [1.54, 1.807) is 6.20 Å². The largest absolute Gasteiger partial charge is 0.469 e. The van der Waals surface area contributed by atoms with E-state index in [1.165, 1.54) is 7.11 Å². The van der Waals surface area contributed by atoms with Gasteiger partial charge in [0.25, 0.3) is 0 Å². The van der Waals surface area contributed by atoms with E-state index in [4.69, 9.17) is 26.4 Å². The molecule has 2 aromatic heterocycles. The van der Waals surface area contributed by atoms with E-state index in [0.29, 0.717) is 24.5 Å². The second kappa shape index (κ2) is 9.58. The molecule has 0 aliphatic carbocycles. The van der Waals surface area contributed by atoms with E-state index in [0.717, 1.165) is 39.8 Å². The summed E-state index contributed by atoms with van der Waals surface area (Å²) in [6.07, 6.45) is 2.78. The van der Waals surface area contributed by atoms with Gasteiger partial charge in [-0.1, -0.05) is 6.07 Å². The van der Waals surface area contributed by atoms with Gasteiger partial charge in [-0.25, -0.2) is 0 Å². The highest BCUT2D eigenvalue weighted by Gasteiger charge is 2.41. The van der Waals surface area contributed by atoms with Gasteiger partial charge in [0.15, 0.2) is 16.6 Å². The fourth-order valence-electron chi connectivity index (χ4n) is 4.99. The number of pyridine rings is 1. The molecule has 1 aromatic carbocycles. The molecular weight excluding hydrogens is 464 g/mol. The third-order valence-electron chi connectivity index (χ3n) is 6.61. The molecule has 0 spiro atoms. The van der Waals surface area contributed by atoms with Gasteiger partial charge in [-0.3, -0.25) is 9.78 Å². The normalized spacial score (nSPS) is 18.6. The Bertz CT molecular complexity index is 1260. The first-order valence-corrected chi connectivity index (χ1v) is 12.0. The van der Waals surface area contributed by atoms with Crippen molar-refractivity contribution in [2.45, 2.75) is 38.8 Å². The van der Waals surface area contributed by atoms with Gasteiger partial charge in [-0.2, -0.15) is 0 Å². The number of methoxy groups -OCH3 is 1. The Balaban J connectivity index is 1.53. The number of fused-ring (bicyclic) bond motifs is 1. The molecule has 0 saturated carbocycles. The number of thiocarbonyl (C=S) groups is 1. The fraction of sp³-hybridized carbons (Fsp3) is 0.346. The molecule has 8 nitrogen and oxygen atoms in total. The smallest absolute Gasteiger partial charge is 0.305 e. The molecule has 2 atom stereocenters. The molecule has 1 fully saturated rings. The maximum absolute atomic E-state index is 11.7. The van der Waals surface area contributed by atoms with Crippen LogP contribution < -0.4 is 14.8 Å². The van der Waals surface area contributed by atoms with Crippen molar-refractivity contribution in [3.63, 3.8) is 0 Å². The standard InChI is InChI=1S/C26H28N4O4S/c1-16-13-19(17(2)30(16)18-9-10-21-22(14-18)34-15-33-21)25-24(20-7-4-5-11-27-20)28-26(35)29(25)12-6-8-23(31)32-3/h4-5,7,9-11,13-14,24-25H,6,8,12,15H2,1-3H3,(H,28,35). The summed E-state index contributed by atoms with van der Waals surface area (Å²) in [4.78, 5) is 18.5. The van der Waals surface area contributed by atoms with Crippen LogP contribution in [-0.2, 0) is 9.53 Å². The number of nitrogens with one attached hydrogen (secondary N) is 1. The maximum atomic E-state index is 11.7. The Kier molecular flexibility index (Phi) is 6.34. The summed E-state index contributed by atoms with van der Waals surface area (Å²) in [5, 5.41) is 4.14. The van der Waals surface area contributed by atoms with E-state index in [-0.39, 0.29) is 24.8 Å². The Morgan fingerprint density at radius 1 is 1.20 bits per heavy atom. The van der Waals surface area contributed by atoms with Crippen molar-refractivity contribution in [1.82, 2.24) is 19.8 Å². The van der Waals surface area contributed by atoms with E-state index in [2.05, 4.69) is 39.7 Å². The van der Waals surface area contributed by atoms with Crippen molar-refractivity contribution in [3.8, 4) is 17.2 Å². The molecule has 182 valence electrons. The minimum Gasteiger partial charge on any atom is -0.469 e. The van der Waals surface area contributed by atoms with E-state index < -0.39 is 0 Å². The monoisotopic (exact) mass is 492 g/mol. The second-order valence-electron chi connectivity index (χ2n) is 8.70. The van der Waals surface area contributed by atoms with E-state index in [9.17, 15) is 4.79 Å². The Morgan fingerprint density at radius 3 is 2.80 bits per heavy atom. The van der Waals surface area contributed by atoms with Crippen LogP contribution >= 0.6 is 12.2 Å². The minimum atomic E-state index is -0.220. The van der Waals surface area contributed by atoms with Gasteiger partial charge in [0.2, 0.25) is 6.79 Å². The number of hydrogen-bond donors (Lipinski definition) is 1. The molecule has 2 aliphatic rings. The first kappa shape index (κ1) is 23.2. The first-order chi connectivity index (χ1) is 17.0. The SMILES string of the molecule is COC(=O)CCCN1C(=S)NC(c2ccccn2)C1c1cc(C)n(-c2ccc3c(c2)OCO3)c1C. The molecule has 4 heterocycles. The number of benzene rings is 1. The third-order valence-corrected chi connectivity index (χ3v) is 6.96. The van der Waals surface area contributed by atoms with Crippen LogP contribution in [0.3, 0.4) is 0 Å². The van der Waals surface area contributed by atoms with Crippen molar-refractivity contribution < 1.29 is 19.0 Å². The fourth-order valence-corrected chi connectivity index (χ4v) is 5.32. The van der Waals surface area contributed by atoms with Crippen molar-refractivity contribution in [3.05, 3.63) is 71.3 Å². The summed E-state index contributed by atoms with van der Waals surface area (Å²) in [6, 6.07) is 13.9. The molecule has 0 amide bonds. The summed E-state index contributed by atoms with van der Waals surface area (Å²) < 4.78 is 18.1. The number of aryl methyl sites for hydroxylation is 1. The molecule has 0 bridgehead atoms. The lowest BCUT2D eigenvalue weighted by Gasteiger charge is -2.28. The highest BCUT2D eigenvalue weighted by Crippen LogP contribution is 2.42. The lowest BCUT2D eigenvalue weighted by Crippen LogP contribution is -2.31. The molecule has 5 rings (SSSR count). The average Bonchev–Trinajstić information content (AvgIpc) is 3.54. The lowest BCUT2D eigenvalue weighted by molar-refractivity contribution is -0.140.